The molecule has 0 amide bonds. The lowest BCUT2D eigenvalue weighted by Crippen LogP contribution is -2.36. The maximum absolute atomic E-state index is 3.51. The van der Waals surface area contributed by atoms with Crippen LogP contribution < -0.4 is 5.32 Å². The first-order chi connectivity index (χ1) is 7.58. The Kier molecular flexibility index (Phi) is 5.93. The summed E-state index contributed by atoms with van der Waals surface area (Å²) in [6.07, 6.45) is 1.24. The molecule has 1 rings (SSSR count). The predicted molar refractivity (Wildman–Crippen MR) is 75.0 cm³/mol. The summed E-state index contributed by atoms with van der Waals surface area (Å²) >= 11 is 2.02. The van der Waals surface area contributed by atoms with Crippen molar-refractivity contribution in [3.63, 3.8) is 0 Å². The molecule has 0 saturated heterocycles. The predicted octanol–water partition coefficient (Wildman–Crippen LogP) is 3.70. The highest BCUT2D eigenvalue weighted by Crippen LogP contribution is 2.12. The summed E-state index contributed by atoms with van der Waals surface area (Å²) in [5.74, 6) is 2.37. The number of rotatable bonds is 6. The molecule has 0 fully saturated rings. The van der Waals surface area contributed by atoms with Gasteiger partial charge in [0, 0.05) is 11.3 Å². The van der Waals surface area contributed by atoms with E-state index < -0.39 is 0 Å². The second kappa shape index (κ2) is 6.97. The van der Waals surface area contributed by atoms with Gasteiger partial charge in [0.1, 0.15) is 0 Å². The highest BCUT2D eigenvalue weighted by Gasteiger charge is 2.06. The van der Waals surface area contributed by atoms with Crippen LogP contribution in [0.1, 0.15) is 32.8 Å². The lowest BCUT2D eigenvalue weighted by atomic mass is 10.1. The zero-order valence-corrected chi connectivity index (χ0v) is 11.4. The molecule has 16 heavy (non-hydrogen) atoms. The Morgan fingerprint density at radius 1 is 1.12 bits per heavy atom. The van der Waals surface area contributed by atoms with Gasteiger partial charge in [-0.3, -0.25) is 0 Å². The molecule has 2 heteroatoms. The Morgan fingerprint density at radius 3 is 2.44 bits per heavy atom. The van der Waals surface area contributed by atoms with Gasteiger partial charge in [-0.2, -0.15) is 11.8 Å². The number of nitrogens with one attached hydrogen (secondary N) is 1. The molecule has 1 aromatic carbocycles. The van der Waals surface area contributed by atoms with Crippen LogP contribution in [0.25, 0.3) is 0 Å². The topological polar surface area (TPSA) is 12.0 Å². The summed E-state index contributed by atoms with van der Waals surface area (Å²) in [7, 11) is 0. The van der Waals surface area contributed by atoms with Crippen molar-refractivity contribution in [2.75, 3.05) is 12.3 Å². The quantitative estimate of drug-likeness (QED) is 0.757. The smallest absolute Gasteiger partial charge is 0.0184 e. The van der Waals surface area contributed by atoms with Crippen molar-refractivity contribution in [2.45, 2.75) is 38.5 Å². The van der Waals surface area contributed by atoms with Gasteiger partial charge in [-0.25, -0.2) is 0 Å². The fourth-order valence-corrected chi connectivity index (χ4v) is 2.32. The van der Waals surface area contributed by atoms with Crippen molar-refractivity contribution in [1.29, 1.82) is 0 Å². The van der Waals surface area contributed by atoms with Gasteiger partial charge in [0.15, 0.2) is 0 Å². The molecular formula is C14H23NS. The van der Waals surface area contributed by atoms with Crippen LogP contribution in [0.15, 0.2) is 30.3 Å². The highest BCUT2D eigenvalue weighted by molar-refractivity contribution is 7.98. The van der Waals surface area contributed by atoms with Gasteiger partial charge < -0.3 is 5.32 Å². The molecule has 0 atom stereocenters. The number of benzene rings is 1. The Hall–Kier alpha value is -0.470. The molecule has 0 heterocycles. The first kappa shape index (κ1) is 13.6. The van der Waals surface area contributed by atoms with E-state index in [0.29, 0.717) is 0 Å². The number of hydrogen-bond donors (Lipinski definition) is 1. The van der Waals surface area contributed by atoms with Crippen molar-refractivity contribution in [3.05, 3.63) is 35.9 Å². The molecule has 0 aliphatic heterocycles. The average Bonchev–Trinajstić information content (AvgIpc) is 2.23. The van der Waals surface area contributed by atoms with Crippen LogP contribution in [0.2, 0.25) is 0 Å². The van der Waals surface area contributed by atoms with E-state index in [1.54, 1.807) is 0 Å². The lowest BCUT2D eigenvalue weighted by Gasteiger charge is -2.20. The van der Waals surface area contributed by atoms with Gasteiger partial charge in [-0.05, 0) is 45.1 Å². The molecule has 0 unspecified atom stereocenters. The van der Waals surface area contributed by atoms with E-state index in [9.17, 15) is 0 Å². The Balaban J connectivity index is 2.01. The zero-order chi connectivity index (χ0) is 11.9. The maximum atomic E-state index is 3.51. The lowest BCUT2D eigenvalue weighted by molar-refractivity contribution is 0.427. The molecule has 0 bridgehead atoms. The Labute approximate surface area is 104 Å². The first-order valence-corrected chi connectivity index (χ1v) is 7.10. The summed E-state index contributed by atoms with van der Waals surface area (Å²) < 4.78 is 0. The standard InChI is InChI=1S/C14H23NS/c1-14(2,3)15-10-7-11-16-12-13-8-5-4-6-9-13/h4-6,8-9,15H,7,10-12H2,1-3H3. The van der Waals surface area contributed by atoms with Gasteiger partial charge in [0.05, 0.1) is 0 Å². The summed E-state index contributed by atoms with van der Waals surface area (Å²) in [4.78, 5) is 0. The fraction of sp³-hybridized carbons (Fsp3) is 0.571. The molecular weight excluding hydrogens is 214 g/mol. The van der Waals surface area contributed by atoms with Crippen LogP contribution >= 0.6 is 11.8 Å². The van der Waals surface area contributed by atoms with Gasteiger partial charge >= 0.3 is 0 Å². The van der Waals surface area contributed by atoms with E-state index in [4.69, 9.17) is 0 Å². The van der Waals surface area contributed by atoms with Crippen molar-refractivity contribution >= 4 is 11.8 Å². The fourth-order valence-electron chi connectivity index (χ4n) is 1.40. The van der Waals surface area contributed by atoms with E-state index in [1.165, 1.54) is 17.7 Å². The van der Waals surface area contributed by atoms with Gasteiger partial charge in [-0.15, -0.1) is 0 Å². The molecule has 0 spiro atoms. The minimum absolute atomic E-state index is 0.254. The molecule has 0 aliphatic carbocycles. The molecule has 0 saturated carbocycles. The highest BCUT2D eigenvalue weighted by atomic mass is 32.2. The van der Waals surface area contributed by atoms with Gasteiger partial charge in [0.2, 0.25) is 0 Å². The number of thioether (sulfide) groups is 1. The summed E-state index contributed by atoms with van der Waals surface area (Å²) in [5.41, 5.74) is 1.68. The van der Waals surface area contributed by atoms with Crippen molar-refractivity contribution in [1.82, 2.24) is 5.32 Å². The molecule has 1 aromatic rings. The van der Waals surface area contributed by atoms with Crippen molar-refractivity contribution < 1.29 is 0 Å². The largest absolute Gasteiger partial charge is 0.312 e. The SMILES string of the molecule is CC(C)(C)NCCCSCc1ccccc1. The summed E-state index contributed by atoms with van der Waals surface area (Å²) in [6.45, 7) is 7.75. The van der Waals surface area contributed by atoms with Gasteiger partial charge in [-0.1, -0.05) is 30.3 Å². The van der Waals surface area contributed by atoms with Crippen molar-refractivity contribution in [2.24, 2.45) is 0 Å². The molecule has 0 radical (unpaired) electrons. The molecule has 0 aromatic heterocycles. The van der Waals surface area contributed by atoms with Crippen LogP contribution in [-0.2, 0) is 5.75 Å². The minimum atomic E-state index is 0.254. The van der Waals surface area contributed by atoms with Gasteiger partial charge in [0.25, 0.3) is 0 Å². The van der Waals surface area contributed by atoms with Crippen LogP contribution in [0.5, 0.6) is 0 Å². The van der Waals surface area contributed by atoms with Crippen molar-refractivity contribution in [3.8, 4) is 0 Å². The third-order valence-electron chi connectivity index (χ3n) is 2.23. The average molecular weight is 237 g/mol. The van der Waals surface area contributed by atoms with Crippen LogP contribution in [0.4, 0.5) is 0 Å². The third kappa shape index (κ3) is 6.91. The Bertz CT molecular complexity index is 277. The normalized spacial score (nSPS) is 11.7. The third-order valence-corrected chi connectivity index (χ3v) is 3.35. The summed E-state index contributed by atoms with van der Waals surface area (Å²) in [5, 5.41) is 3.51. The van der Waals surface area contributed by atoms with E-state index in [-0.39, 0.29) is 5.54 Å². The van der Waals surface area contributed by atoms with E-state index in [0.717, 1.165) is 12.3 Å². The first-order valence-electron chi connectivity index (χ1n) is 5.95. The molecule has 1 N–H and O–H groups in total. The van der Waals surface area contributed by atoms with E-state index in [1.807, 2.05) is 11.8 Å². The maximum Gasteiger partial charge on any atom is 0.0184 e. The minimum Gasteiger partial charge on any atom is -0.312 e. The van der Waals surface area contributed by atoms with Crippen LogP contribution in [-0.4, -0.2) is 17.8 Å². The monoisotopic (exact) mass is 237 g/mol. The van der Waals surface area contributed by atoms with Crippen LogP contribution in [0, 0.1) is 0 Å². The second-order valence-corrected chi connectivity index (χ2v) is 6.17. The molecule has 1 nitrogen and oxygen atoms in total. The molecule has 0 aliphatic rings. The summed E-state index contributed by atoms with van der Waals surface area (Å²) in [6, 6.07) is 10.7. The van der Waals surface area contributed by atoms with Crippen LogP contribution in [0.3, 0.4) is 0 Å². The van der Waals surface area contributed by atoms with E-state index in [2.05, 4.69) is 56.4 Å². The zero-order valence-electron chi connectivity index (χ0n) is 10.6. The second-order valence-electron chi connectivity index (χ2n) is 5.07. The molecule has 90 valence electrons. The Morgan fingerprint density at radius 2 is 1.81 bits per heavy atom. The number of hydrogen-bond acceptors (Lipinski definition) is 2. The van der Waals surface area contributed by atoms with E-state index >= 15 is 0 Å².